The Balaban J connectivity index is 0.731. The molecule has 4 aromatic heterocycles. The summed E-state index contributed by atoms with van der Waals surface area (Å²) in [5.74, 6) is 3.33. The SMILES string of the molecule is CC1(C)c2cc(C=Cc3ccc4c(c3)C(C)(C)c3cc(N(c5ccccn5)c5ccccn5)ccc3-4)ccc2-c2ccc(C=Cc3ccc4c(c3)C(C)(C)c3cc(N(c5ccccn5)c5ccccn5)ccc3-4)cc21. The Morgan fingerprint density at radius 3 is 0.760 bits per heavy atom. The molecular weight excluding hydrogens is 913 g/mol. The summed E-state index contributed by atoms with van der Waals surface area (Å²) in [6, 6.07) is 65.4. The highest BCUT2D eigenvalue weighted by Crippen LogP contribution is 2.53. The van der Waals surface area contributed by atoms with Crippen molar-refractivity contribution in [3.05, 3.63) is 262 Å². The van der Waals surface area contributed by atoms with Crippen molar-refractivity contribution in [1.82, 2.24) is 19.9 Å². The van der Waals surface area contributed by atoms with Crippen LogP contribution in [0, 0.1) is 0 Å². The lowest BCUT2D eigenvalue weighted by Crippen LogP contribution is -2.17. The van der Waals surface area contributed by atoms with Crippen LogP contribution in [0.1, 0.15) is 97.2 Å². The molecule has 6 heteroatoms. The van der Waals surface area contributed by atoms with Gasteiger partial charge in [-0.05, 0) is 162 Å². The van der Waals surface area contributed by atoms with Crippen molar-refractivity contribution in [3.63, 3.8) is 0 Å². The molecule has 6 aromatic carbocycles. The summed E-state index contributed by atoms with van der Waals surface area (Å²) in [5.41, 5.74) is 22.0. The summed E-state index contributed by atoms with van der Waals surface area (Å²) in [6.45, 7) is 14.1. The molecule has 3 aliphatic rings. The Hall–Kier alpha value is -9.00. The van der Waals surface area contributed by atoms with E-state index in [1.807, 2.05) is 97.6 Å². The maximum atomic E-state index is 4.72. The number of anilines is 6. The zero-order valence-corrected chi connectivity index (χ0v) is 43.1. The molecular formula is C69H56N6. The van der Waals surface area contributed by atoms with Crippen LogP contribution >= 0.6 is 0 Å². The van der Waals surface area contributed by atoms with Crippen LogP contribution in [0.2, 0.25) is 0 Å². The van der Waals surface area contributed by atoms with Gasteiger partial charge in [-0.3, -0.25) is 9.80 Å². The van der Waals surface area contributed by atoms with E-state index in [0.29, 0.717) is 0 Å². The summed E-state index contributed by atoms with van der Waals surface area (Å²) in [4.78, 5) is 23.1. The van der Waals surface area contributed by atoms with Crippen molar-refractivity contribution in [2.45, 2.75) is 57.8 Å². The van der Waals surface area contributed by atoms with Gasteiger partial charge in [0.2, 0.25) is 0 Å². The standard InChI is InChI=1S/C69H56N6/c1-67(2)57-39-45(19-21-47-25-31-53-55-33-27-49(43-61(55)68(3,4)59(53)41-47)74(63-15-7-11-35-70-63)64-16-8-12-36-71-64)23-29-51(57)52-30-24-46(40-58(52)67)20-22-48-26-32-54-56-34-28-50(44-62(56)69(5,6)60(54)42-48)75(65-17-9-13-37-72-65)66-18-10-14-38-73-66/h7-44H,1-6H3. The number of rotatable bonds is 10. The first kappa shape index (κ1) is 45.8. The minimum Gasteiger partial charge on any atom is -0.279 e. The Morgan fingerprint density at radius 1 is 0.280 bits per heavy atom. The zero-order valence-electron chi connectivity index (χ0n) is 43.1. The van der Waals surface area contributed by atoms with Gasteiger partial charge < -0.3 is 0 Å². The average molecular weight is 969 g/mol. The highest BCUT2D eigenvalue weighted by molar-refractivity contribution is 5.89. The fraction of sp³-hybridized carbons (Fsp3) is 0.130. The molecule has 0 saturated heterocycles. The number of hydrogen-bond acceptors (Lipinski definition) is 6. The van der Waals surface area contributed by atoms with E-state index in [-0.39, 0.29) is 16.2 Å². The van der Waals surface area contributed by atoms with E-state index in [4.69, 9.17) is 19.9 Å². The Morgan fingerprint density at radius 2 is 0.520 bits per heavy atom. The fourth-order valence-corrected chi connectivity index (χ4v) is 12.0. The molecule has 3 aliphatic carbocycles. The zero-order chi connectivity index (χ0) is 51.1. The van der Waals surface area contributed by atoms with E-state index in [1.165, 1.54) is 89.0 Å². The lowest BCUT2D eigenvalue weighted by Gasteiger charge is -2.26. The molecule has 10 aromatic rings. The minimum absolute atomic E-state index is 0.158. The molecule has 0 saturated carbocycles. The molecule has 0 bridgehead atoms. The van der Waals surface area contributed by atoms with E-state index in [0.717, 1.165) is 34.6 Å². The van der Waals surface area contributed by atoms with Crippen LogP contribution in [0.5, 0.6) is 0 Å². The van der Waals surface area contributed by atoms with Gasteiger partial charge in [0.1, 0.15) is 23.3 Å². The van der Waals surface area contributed by atoms with Crippen LogP contribution in [0.4, 0.5) is 34.6 Å². The highest BCUT2D eigenvalue weighted by Gasteiger charge is 2.39. The number of hydrogen-bond donors (Lipinski definition) is 0. The van der Waals surface area contributed by atoms with Gasteiger partial charge >= 0.3 is 0 Å². The second kappa shape index (κ2) is 17.6. The number of nitrogens with zero attached hydrogens (tertiary/aromatic N) is 6. The molecule has 75 heavy (non-hydrogen) atoms. The lowest BCUT2D eigenvalue weighted by molar-refractivity contribution is 0.660. The second-order valence-corrected chi connectivity index (χ2v) is 21.6. The third kappa shape index (κ3) is 7.70. The predicted molar refractivity (Wildman–Crippen MR) is 310 cm³/mol. The Bertz CT molecular complexity index is 3580. The number of aromatic nitrogens is 4. The quantitative estimate of drug-likeness (QED) is 0.127. The maximum Gasteiger partial charge on any atom is 0.138 e. The molecule has 0 aliphatic heterocycles. The lowest BCUT2D eigenvalue weighted by atomic mass is 9.81. The summed E-state index contributed by atoms with van der Waals surface area (Å²) >= 11 is 0. The Labute approximate surface area is 440 Å². The van der Waals surface area contributed by atoms with Crippen LogP contribution in [-0.4, -0.2) is 19.9 Å². The van der Waals surface area contributed by atoms with E-state index in [9.17, 15) is 0 Å². The van der Waals surface area contributed by atoms with Gasteiger partial charge in [0.25, 0.3) is 0 Å². The van der Waals surface area contributed by atoms with Gasteiger partial charge in [0, 0.05) is 52.4 Å². The molecule has 0 fully saturated rings. The number of pyridine rings is 4. The molecule has 0 N–H and O–H groups in total. The molecule has 4 heterocycles. The van der Waals surface area contributed by atoms with Crippen LogP contribution in [0.25, 0.3) is 57.7 Å². The van der Waals surface area contributed by atoms with Crippen LogP contribution < -0.4 is 9.80 Å². The molecule has 0 spiro atoms. The topological polar surface area (TPSA) is 58.0 Å². The van der Waals surface area contributed by atoms with Crippen molar-refractivity contribution in [2.75, 3.05) is 9.80 Å². The smallest absolute Gasteiger partial charge is 0.138 e. The fourth-order valence-electron chi connectivity index (χ4n) is 12.0. The predicted octanol–water partition coefficient (Wildman–Crippen LogP) is 17.5. The highest BCUT2D eigenvalue weighted by atomic mass is 15.2. The van der Waals surface area contributed by atoms with E-state index in [2.05, 4.69) is 185 Å². The van der Waals surface area contributed by atoms with Crippen molar-refractivity contribution >= 4 is 59.0 Å². The van der Waals surface area contributed by atoms with E-state index < -0.39 is 0 Å². The van der Waals surface area contributed by atoms with Gasteiger partial charge in [0.05, 0.1) is 0 Å². The van der Waals surface area contributed by atoms with E-state index >= 15 is 0 Å². The molecule has 0 atom stereocenters. The summed E-state index contributed by atoms with van der Waals surface area (Å²) in [5, 5.41) is 0. The molecule has 362 valence electrons. The molecule has 0 unspecified atom stereocenters. The minimum atomic E-state index is -0.205. The normalized spacial score (nSPS) is 14.7. The van der Waals surface area contributed by atoms with Crippen LogP contribution in [0.3, 0.4) is 0 Å². The van der Waals surface area contributed by atoms with Crippen molar-refractivity contribution in [1.29, 1.82) is 0 Å². The third-order valence-electron chi connectivity index (χ3n) is 16.1. The molecule has 13 rings (SSSR count). The Kier molecular flexibility index (Phi) is 10.8. The van der Waals surface area contributed by atoms with Crippen molar-refractivity contribution < 1.29 is 0 Å². The summed E-state index contributed by atoms with van der Waals surface area (Å²) in [6.07, 6.45) is 16.4. The van der Waals surface area contributed by atoms with Gasteiger partial charge in [-0.25, -0.2) is 19.9 Å². The largest absolute Gasteiger partial charge is 0.279 e. The van der Waals surface area contributed by atoms with Gasteiger partial charge in [-0.15, -0.1) is 0 Å². The van der Waals surface area contributed by atoms with Gasteiger partial charge in [0.15, 0.2) is 0 Å². The van der Waals surface area contributed by atoms with Gasteiger partial charge in [-0.1, -0.05) is 175 Å². The van der Waals surface area contributed by atoms with Gasteiger partial charge in [-0.2, -0.15) is 0 Å². The average Bonchev–Trinajstić information content (AvgIpc) is 4.05. The summed E-state index contributed by atoms with van der Waals surface area (Å²) in [7, 11) is 0. The third-order valence-corrected chi connectivity index (χ3v) is 16.1. The van der Waals surface area contributed by atoms with Crippen molar-refractivity contribution in [2.24, 2.45) is 0 Å². The first-order valence-corrected chi connectivity index (χ1v) is 25.9. The van der Waals surface area contributed by atoms with E-state index in [1.54, 1.807) is 0 Å². The van der Waals surface area contributed by atoms with Crippen molar-refractivity contribution in [3.8, 4) is 33.4 Å². The molecule has 0 amide bonds. The van der Waals surface area contributed by atoms with Crippen LogP contribution in [0.15, 0.2) is 207 Å². The number of fused-ring (bicyclic) bond motifs is 9. The summed E-state index contributed by atoms with van der Waals surface area (Å²) < 4.78 is 0. The monoisotopic (exact) mass is 968 g/mol. The molecule has 6 nitrogen and oxygen atoms in total. The van der Waals surface area contributed by atoms with Crippen LogP contribution in [-0.2, 0) is 16.2 Å². The first-order valence-electron chi connectivity index (χ1n) is 25.9. The number of benzene rings is 6. The molecule has 0 radical (unpaired) electrons. The first-order chi connectivity index (χ1) is 36.4. The maximum absolute atomic E-state index is 4.72. The second-order valence-electron chi connectivity index (χ2n) is 21.6.